The molecule has 0 aromatic heterocycles. The van der Waals surface area contributed by atoms with Gasteiger partial charge in [0.2, 0.25) is 0 Å². The van der Waals surface area contributed by atoms with E-state index in [0.29, 0.717) is 12.8 Å². The van der Waals surface area contributed by atoms with Crippen molar-refractivity contribution in [1.82, 2.24) is 0 Å². The predicted octanol–water partition coefficient (Wildman–Crippen LogP) is 0.715. The minimum atomic E-state index is -2.64. The first-order chi connectivity index (χ1) is 4.18. The molecule has 1 aliphatic carbocycles. The van der Waals surface area contributed by atoms with Crippen LogP contribution in [0.25, 0.3) is 0 Å². The van der Waals surface area contributed by atoms with Gasteiger partial charge >= 0.3 is 6.61 Å². The molecule has 0 amide bonds. The summed E-state index contributed by atoms with van der Waals surface area (Å²) < 4.78 is 26.9. The number of nitrogens with two attached hydrogens (primary N) is 1. The Morgan fingerprint density at radius 2 is 2.00 bits per heavy atom. The molecular weight excluding hydrogens is 128 g/mol. The SMILES string of the molecule is N[C@H]1C[C@@H](OC(F)F)C1. The average Bonchev–Trinajstić information content (AvgIpc) is 1.60. The molecule has 0 atom stereocenters. The highest BCUT2D eigenvalue weighted by molar-refractivity contribution is 4.82. The lowest BCUT2D eigenvalue weighted by Crippen LogP contribution is -2.42. The normalized spacial score (nSPS) is 34.7. The van der Waals surface area contributed by atoms with Crippen molar-refractivity contribution in [3.63, 3.8) is 0 Å². The van der Waals surface area contributed by atoms with Gasteiger partial charge < -0.3 is 10.5 Å². The predicted molar refractivity (Wildman–Crippen MR) is 28.1 cm³/mol. The Bertz CT molecular complexity index is 93.0. The Hall–Kier alpha value is -0.220. The van der Waals surface area contributed by atoms with Gasteiger partial charge in [-0.1, -0.05) is 0 Å². The van der Waals surface area contributed by atoms with Crippen molar-refractivity contribution in [3.05, 3.63) is 0 Å². The highest BCUT2D eigenvalue weighted by Crippen LogP contribution is 2.22. The monoisotopic (exact) mass is 137 g/mol. The molecule has 9 heavy (non-hydrogen) atoms. The summed E-state index contributed by atoms with van der Waals surface area (Å²) in [5, 5.41) is 0. The van der Waals surface area contributed by atoms with E-state index in [-0.39, 0.29) is 12.1 Å². The van der Waals surface area contributed by atoms with Crippen LogP contribution in [-0.4, -0.2) is 18.8 Å². The molecule has 0 aromatic carbocycles. The Balaban J connectivity index is 2.04. The number of halogens is 2. The third-order valence-electron chi connectivity index (χ3n) is 1.43. The summed E-state index contributed by atoms with van der Waals surface area (Å²) in [6.45, 7) is -2.64. The van der Waals surface area contributed by atoms with Crippen LogP contribution in [0.4, 0.5) is 8.78 Å². The van der Waals surface area contributed by atoms with Gasteiger partial charge in [0.1, 0.15) is 0 Å². The molecule has 1 rings (SSSR count). The van der Waals surface area contributed by atoms with Crippen molar-refractivity contribution in [1.29, 1.82) is 0 Å². The maximum absolute atomic E-state index is 11.4. The highest BCUT2D eigenvalue weighted by Gasteiger charge is 2.28. The zero-order chi connectivity index (χ0) is 6.85. The Kier molecular flexibility index (Phi) is 1.97. The number of alkyl halides is 2. The third kappa shape index (κ3) is 1.87. The summed E-state index contributed by atoms with van der Waals surface area (Å²) in [5.74, 6) is 0. The topological polar surface area (TPSA) is 35.2 Å². The largest absolute Gasteiger partial charge is 0.345 e. The van der Waals surface area contributed by atoms with Gasteiger partial charge in [-0.15, -0.1) is 0 Å². The first-order valence-electron chi connectivity index (χ1n) is 2.87. The second kappa shape index (κ2) is 2.58. The lowest BCUT2D eigenvalue weighted by Gasteiger charge is -2.31. The van der Waals surface area contributed by atoms with Crippen LogP contribution in [0.1, 0.15) is 12.8 Å². The minimum Gasteiger partial charge on any atom is -0.328 e. The first kappa shape index (κ1) is 6.89. The van der Waals surface area contributed by atoms with E-state index in [1.807, 2.05) is 0 Å². The van der Waals surface area contributed by atoms with E-state index in [2.05, 4.69) is 4.74 Å². The summed E-state index contributed by atoms with van der Waals surface area (Å²) in [4.78, 5) is 0. The number of hydrogen-bond acceptors (Lipinski definition) is 2. The lowest BCUT2D eigenvalue weighted by molar-refractivity contribution is -0.183. The first-order valence-corrected chi connectivity index (χ1v) is 2.87. The second-order valence-electron chi connectivity index (χ2n) is 2.25. The molecule has 0 saturated heterocycles. The van der Waals surface area contributed by atoms with Crippen molar-refractivity contribution in [2.45, 2.75) is 31.6 Å². The maximum atomic E-state index is 11.4. The van der Waals surface area contributed by atoms with Gasteiger partial charge in [-0.05, 0) is 12.8 Å². The molecule has 1 fully saturated rings. The van der Waals surface area contributed by atoms with Gasteiger partial charge in [-0.25, -0.2) is 0 Å². The summed E-state index contributed by atoms with van der Waals surface area (Å²) in [7, 11) is 0. The number of rotatable bonds is 2. The van der Waals surface area contributed by atoms with E-state index in [4.69, 9.17) is 5.73 Å². The molecule has 0 radical (unpaired) electrons. The molecule has 0 bridgehead atoms. The molecule has 4 heteroatoms. The quantitative estimate of drug-likeness (QED) is 0.608. The van der Waals surface area contributed by atoms with Crippen LogP contribution >= 0.6 is 0 Å². The van der Waals surface area contributed by atoms with Crippen molar-refractivity contribution in [2.24, 2.45) is 5.73 Å². The van der Waals surface area contributed by atoms with Crippen molar-refractivity contribution in [2.75, 3.05) is 0 Å². The van der Waals surface area contributed by atoms with Crippen LogP contribution in [0.3, 0.4) is 0 Å². The molecular formula is C5H9F2NO. The van der Waals surface area contributed by atoms with Crippen LogP contribution < -0.4 is 5.73 Å². The molecule has 0 aliphatic heterocycles. The fourth-order valence-electron chi connectivity index (χ4n) is 0.863. The zero-order valence-corrected chi connectivity index (χ0v) is 4.89. The molecule has 2 N–H and O–H groups in total. The summed E-state index contributed by atoms with van der Waals surface area (Å²) in [5.41, 5.74) is 5.32. The van der Waals surface area contributed by atoms with E-state index in [9.17, 15) is 8.78 Å². The summed E-state index contributed by atoms with van der Waals surface area (Å²) in [6, 6.07) is 0.0775. The van der Waals surface area contributed by atoms with Gasteiger partial charge in [-0.2, -0.15) is 8.78 Å². The van der Waals surface area contributed by atoms with E-state index in [1.165, 1.54) is 0 Å². The number of ether oxygens (including phenoxy) is 1. The van der Waals surface area contributed by atoms with Crippen molar-refractivity contribution < 1.29 is 13.5 Å². The van der Waals surface area contributed by atoms with Crippen LogP contribution in [0, 0.1) is 0 Å². The fraction of sp³-hybridized carbons (Fsp3) is 1.00. The number of hydrogen-bond donors (Lipinski definition) is 1. The Labute approximate surface area is 52.0 Å². The smallest absolute Gasteiger partial charge is 0.328 e. The van der Waals surface area contributed by atoms with Gasteiger partial charge in [0.05, 0.1) is 6.10 Å². The molecule has 0 heterocycles. The molecule has 0 aromatic rings. The molecule has 0 spiro atoms. The average molecular weight is 137 g/mol. The Morgan fingerprint density at radius 1 is 1.44 bits per heavy atom. The second-order valence-corrected chi connectivity index (χ2v) is 2.25. The lowest BCUT2D eigenvalue weighted by atomic mass is 9.90. The van der Waals surface area contributed by atoms with Crippen LogP contribution in [0.5, 0.6) is 0 Å². The highest BCUT2D eigenvalue weighted by atomic mass is 19.3. The Morgan fingerprint density at radius 3 is 2.33 bits per heavy atom. The van der Waals surface area contributed by atoms with Gasteiger partial charge in [0.15, 0.2) is 0 Å². The zero-order valence-electron chi connectivity index (χ0n) is 4.89. The van der Waals surface area contributed by atoms with Gasteiger partial charge in [0.25, 0.3) is 0 Å². The van der Waals surface area contributed by atoms with E-state index in [1.54, 1.807) is 0 Å². The van der Waals surface area contributed by atoms with E-state index < -0.39 is 6.61 Å². The molecule has 0 unspecified atom stereocenters. The van der Waals surface area contributed by atoms with Gasteiger partial charge in [0, 0.05) is 6.04 Å². The van der Waals surface area contributed by atoms with Gasteiger partial charge in [-0.3, -0.25) is 0 Å². The molecule has 54 valence electrons. The van der Waals surface area contributed by atoms with E-state index in [0.717, 1.165) is 0 Å². The molecule has 1 aliphatic rings. The fourth-order valence-corrected chi connectivity index (χ4v) is 0.863. The van der Waals surface area contributed by atoms with Crippen LogP contribution in [0.15, 0.2) is 0 Å². The summed E-state index contributed by atoms with van der Waals surface area (Å²) in [6.07, 6.45) is 0.856. The van der Waals surface area contributed by atoms with Crippen molar-refractivity contribution >= 4 is 0 Å². The van der Waals surface area contributed by atoms with Crippen LogP contribution in [0.2, 0.25) is 0 Å². The minimum absolute atomic E-state index is 0.0775. The van der Waals surface area contributed by atoms with Crippen LogP contribution in [-0.2, 0) is 4.74 Å². The molecule has 2 nitrogen and oxygen atoms in total. The standard InChI is InChI=1S/C5H9F2NO/c6-5(7)9-4-1-3(8)2-4/h3-5H,1-2,8H2/t3-,4+. The third-order valence-corrected chi connectivity index (χ3v) is 1.43. The summed E-state index contributed by atoms with van der Waals surface area (Å²) >= 11 is 0. The molecule has 1 saturated carbocycles. The maximum Gasteiger partial charge on any atom is 0.345 e. The van der Waals surface area contributed by atoms with Crippen molar-refractivity contribution in [3.8, 4) is 0 Å². The van der Waals surface area contributed by atoms with E-state index >= 15 is 0 Å².